The Morgan fingerprint density at radius 2 is 2.35 bits per heavy atom. The Kier molecular flexibility index (Phi) is 3.87. The molecule has 1 aromatic heterocycles. The predicted octanol–water partition coefficient (Wildman–Crippen LogP) is 2.00. The maximum atomic E-state index is 12.4. The zero-order valence-electron chi connectivity index (χ0n) is 8.68. The van der Waals surface area contributed by atoms with Crippen LogP contribution in [0.2, 0.25) is 0 Å². The zero-order chi connectivity index (χ0) is 13.0. The summed E-state index contributed by atoms with van der Waals surface area (Å²) in [5.41, 5.74) is -1.45. The number of alkyl halides is 2. The number of nitrogens with zero attached hydrogens (tertiary/aromatic N) is 3. The van der Waals surface area contributed by atoms with Gasteiger partial charge in [-0.2, -0.15) is 5.26 Å². The molecule has 8 heteroatoms. The van der Waals surface area contributed by atoms with Crippen molar-refractivity contribution in [2.75, 3.05) is 7.11 Å². The van der Waals surface area contributed by atoms with Crippen LogP contribution < -0.4 is 4.74 Å². The number of aromatic nitrogens is 1. The standard InChI is InChI=1S/C9H7F2N3O3/c1-17-9-5(2-3-12)7(14(15)16)4-6(13-9)8(10)11/h4,8H,2H2,1H3. The van der Waals surface area contributed by atoms with Crippen molar-refractivity contribution in [1.82, 2.24) is 4.98 Å². The van der Waals surface area contributed by atoms with E-state index in [1.165, 1.54) is 0 Å². The summed E-state index contributed by atoms with van der Waals surface area (Å²) in [7, 11) is 1.14. The van der Waals surface area contributed by atoms with Crippen LogP contribution in [0.25, 0.3) is 0 Å². The molecule has 0 unspecified atom stereocenters. The summed E-state index contributed by atoms with van der Waals surface area (Å²) in [6.45, 7) is 0. The van der Waals surface area contributed by atoms with Gasteiger partial charge in [0.25, 0.3) is 12.1 Å². The fourth-order valence-corrected chi connectivity index (χ4v) is 1.24. The zero-order valence-corrected chi connectivity index (χ0v) is 8.68. The van der Waals surface area contributed by atoms with Crippen molar-refractivity contribution in [3.8, 4) is 11.9 Å². The van der Waals surface area contributed by atoms with E-state index in [4.69, 9.17) is 5.26 Å². The monoisotopic (exact) mass is 243 g/mol. The molecular weight excluding hydrogens is 236 g/mol. The van der Waals surface area contributed by atoms with Crippen molar-refractivity contribution in [1.29, 1.82) is 5.26 Å². The molecular formula is C9H7F2N3O3. The molecule has 0 aliphatic rings. The maximum Gasteiger partial charge on any atom is 0.281 e. The Morgan fingerprint density at radius 1 is 1.71 bits per heavy atom. The summed E-state index contributed by atoms with van der Waals surface area (Å²) in [4.78, 5) is 13.3. The van der Waals surface area contributed by atoms with E-state index >= 15 is 0 Å². The van der Waals surface area contributed by atoms with E-state index in [-0.39, 0.29) is 17.9 Å². The molecule has 0 aromatic carbocycles. The third kappa shape index (κ3) is 2.63. The van der Waals surface area contributed by atoms with Gasteiger partial charge >= 0.3 is 0 Å². The predicted molar refractivity (Wildman–Crippen MR) is 51.7 cm³/mol. The minimum Gasteiger partial charge on any atom is -0.481 e. The molecule has 0 amide bonds. The second-order valence-corrected chi connectivity index (χ2v) is 2.95. The van der Waals surface area contributed by atoms with E-state index in [9.17, 15) is 18.9 Å². The number of methoxy groups -OCH3 is 1. The van der Waals surface area contributed by atoms with Gasteiger partial charge in [0.15, 0.2) is 0 Å². The molecule has 0 spiro atoms. The Hall–Kier alpha value is -2.30. The molecule has 90 valence electrons. The fourth-order valence-electron chi connectivity index (χ4n) is 1.24. The Labute approximate surface area is 94.6 Å². The summed E-state index contributed by atoms with van der Waals surface area (Å²) in [6.07, 6.45) is -3.28. The van der Waals surface area contributed by atoms with Gasteiger partial charge in [0.2, 0.25) is 5.88 Å². The first-order valence-corrected chi connectivity index (χ1v) is 4.38. The van der Waals surface area contributed by atoms with Crippen molar-refractivity contribution in [2.45, 2.75) is 12.8 Å². The van der Waals surface area contributed by atoms with Crippen LogP contribution in [0.5, 0.6) is 5.88 Å². The normalized spacial score (nSPS) is 10.1. The highest BCUT2D eigenvalue weighted by molar-refractivity contribution is 5.49. The number of hydrogen-bond donors (Lipinski definition) is 0. The SMILES string of the molecule is COc1nc(C(F)F)cc([N+](=O)[O-])c1CC#N. The van der Waals surface area contributed by atoms with Crippen LogP contribution >= 0.6 is 0 Å². The molecule has 1 aromatic rings. The number of halogens is 2. The number of hydrogen-bond acceptors (Lipinski definition) is 5. The van der Waals surface area contributed by atoms with Gasteiger partial charge in [-0.3, -0.25) is 10.1 Å². The van der Waals surface area contributed by atoms with Crippen LogP contribution in [-0.4, -0.2) is 17.0 Å². The first-order chi connectivity index (χ1) is 8.01. The van der Waals surface area contributed by atoms with Gasteiger partial charge in [0.1, 0.15) is 11.3 Å². The maximum absolute atomic E-state index is 12.4. The summed E-state index contributed by atoms with van der Waals surface area (Å²) in [6, 6.07) is 2.34. The second-order valence-electron chi connectivity index (χ2n) is 2.95. The quantitative estimate of drug-likeness (QED) is 0.596. The number of rotatable bonds is 4. The van der Waals surface area contributed by atoms with E-state index in [2.05, 4.69) is 9.72 Å². The average molecular weight is 243 g/mol. The molecule has 0 atom stereocenters. The number of ether oxygens (including phenoxy) is 1. The lowest BCUT2D eigenvalue weighted by atomic mass is 10.1. The number of nitriles is 1. The topological polar surface area (TPSA) is 89.1 Å². The molecule has 17 heavy (non-hydrogen) atoms. The Morgan fingerprint density at radius 3 is 2.76 bits per heavy atom. The van der Waals surface area contributed by atoms with Gasteiger partial charge in [-0.15, -0.1) is 0 Å². The van der Waals surface area contributed by atoms with E-state index in [1.807, 2.05) is 0 Å². The summed E-state index contributed by atoms with van der Waals surface area (Å²) >= 11 is 0. The second kappa shape index (κ2) is 5.16. The summed E-state index contributed by atoms with van der Waals surface area (Å²) in [5, 5.41) is 19.2. The van der Waals surface area contributed by atoms with E-state index in [1.54, 1.807) is 6.07 Å². The molecule has 1 heterocycles. The molecule has 0 aliphatic heterocycles. The molecule has 0 saturated carbocycles. The highest BCUT2D eigenvalue weighted by Gasteiger charge is 2.24. The van der Waals surface area contributed by atoms with Crippen LogP contribution in [0.1, 0.15) is 17.7 Å². The fraction of sp³-hybridized carbons (Fsp3) is 0.333. The highest BCUT2D eigenvalue weighted by Crippen LogP contribution is 2.31. The van der Waals surface area contributed by atoms with Gasteiger partial charge in [0.05, 0.1) is 24.5 Å². The van der Waals surface area contributed by atoms with Crippen LogP contribution in [0, 0.1) is 21.4 Å². The molecule has 6 nitrogen and oxygen atoms in total. The Bertz CT molecular complexity index is 485. The molecule has 0 N–H and O–H groups in total. The van der Waals surface area contributed by atoms with Crippen LogP contribution in [-0.2, 0) is 6.42 Å². The lowest BCUT2D eigenvalue weighted by molar-refractivity contribution is -0.385. The van der Waals surface area contributed by atoms with E-state index in [0.717, 1.165) is 7.11 Å². The van der Waals surface area contributed by atoms with Gasteiger partial charge in [-0.25, -0.2) is 13.8 Å². The van der Waals surface area contributed by atoms with Crippen molar-refractivity contribution in [2.24, 2.45) is 0 Å². The minimum atomic E-state index is -2.95. The van der Waals surface area contributed by atoms with Crippen LogP contribution in [0.15, 0.2) is 6.07 Å². The summed E-state index contributed by atoms with van der Waals surface area (Å²) in [5.74, 6) is -0.323. The van der Waals surface area contributed by atoms with Gasteiger partial charge in [-0.05, 0) is 0 Å². The number of nitro groups is 1. The highest BCUT2D eigenvalue weighted by atomic mass is 19.3. The van der Waals surface area contributed by atoms with E-state index in [0.29, 0.717) is 6.07 Å². The summed E-state index contributed by atoms with van der Waals surface area (Å²) < 4.78 is 29.6. The van der Waals surface area contributed by atoms with E-state index < -0.39 is 22.7 Å². The van der Waals surface area contributed by atoms with Crippen LogP contribution in [0.4, 0.5) is 14.5 Å². The number of pyridine rings is 1. The van der Waals surface area contributed by atoms with Gasteiger partial charge in [0, 0.05) is 6.07 Å². The Balaban J connectivity index is 3.46. The van der Waals surface area contributed by atoms with Crippen molar-refractivity contribution < 1.29 is 18.4 Å². The largest absolute Gasteiger partial charge is 0.481 e. The van der Waals surface area contributed by atoms with Crippen molar-refractivity contribution in [3.05, 3.63) is 27.4 Å². The van der Waals surface area contributed by atoms with Crippen molar-refractivity contribution in [3.63, 3.8) is 0 Å². The molecule has 0 fully saturated rings. The minimum absolute atomic E-state index is 0.107. The smallest absolute Gasteiger partial charge is 0.281 e. The van der Waals surface area contributed by atoms with Crippen molar-refractivity contribution >= 4 is 5.69 Å². The first kappa shape index (κ1) is 12.8. The van der Waals surface area contributed by atoms with Gasteiger partial charge < -0.3 is 4.74 Å². The van der Waals surface area contributed by atoms with Crippen LogP contribution in [0.3, 0.4) is 0 Å². The third-order valence-electron chi connectivity index (χ3n) is 1.95. The molecule has 0 aliphatic carbocycles. The third-order valence-corrected chi connectivity index (χ3v) is 1.95. The first-order valence-electron chi connectivity index (χ1n) is 4.38. The molecule has 0 bridgehead atoms. The molecule has 0 saturated heterocycles. The molecule has 1 rings (SSSR count). The molecule has 0 radical (unpaired) electrons. The lowest BCUT2D eigenvalue weighted by Crippen LogP contribution is -2.04. The average Bonchev–Trinajstić information content (AvgIpc) is 2.28. The lowest BCUT2D eigenvalue weighted by Gasteiger charge is -2.07. The van der Waals surface area contributed by atoms with Gasteiger partial charge in [-0.1, -0.05) is 0 Å².